The molecule has 2 unspecified atom stereocenters. The lowest BCUT2D eigenvalue weighted by atomic mass is 9.96. The van der Waals surface area contributed by atoms with Crippen LogP contribution in [0.25, 0.3) is 0 Å². The maximum Gasteiger partial charge on any atom is 0.407 e. The van der Waals surface area contributed by atoms with E-state index in [2.05, 4.69) is 40.5 Å². The second-order valence-electron chi connectivity index (χ2n) is 7.86. The summed E-state index contributed by atoms with van der Waals surface area (Å²) in [6.07, 6.45) is 4.26. The van der Waals surface area contributed by atoms with Crippen molar-refractivity contribution in [3.05, 3.63) is 35.9 Å². The van der Waals surface area contributed by atoms with E-state index in [1.165, 1.54) is 18.4 Å². The summed E-state index contributed by atoms with van der Waals surface area (Å²) in [6, 6.07) is 12.1. The molecule has 0 aliphatic carbocycles. The molecule has 1 aromatic rings. The number of nitrogens with zero attached hydrogens (tertiary/aromatic N) is 1. The van der Waals surface area contributed by atoms with E-state index in [0.29, 0.717) is 12.1 Å². The Labute approximate surface area is 139 Å². The lowest BCUT2D eigenvalue weighted by molar-refractivity contribution is 0.0436. The lowest BCUT2D eigenvalue weighted by Gasteiger charge is -2.39. The summed E-state index contributed by atoms with van der Waals surface area (Å²) in [5.74, 6) is 0. The zero-order valence-electron chi connectivity index (χ0n) is 14.4. The number of piperidine rings is 1. The van der Waals surface area contributed by atoms with Crippen LogP contribution < -0.4 is 5.32 Å². The Hall–Kier alpha value is -1.55. The fourth-order valence-corrected chi connectivity index (χ4v) is 3.92. The summed E-state index contributed by atoms with van der Waals surface area (Å²) in [5, 5.41) is 3.07. The van der Waals surface area contributed by atoms with Crippen LogP contribution in [0.15, 0.2) is 30.3 Å². The number of benzene rings is 1. The second kappa shape index (κ2) is 6.52. The first-order valence-electron chi connectivity index (χ1n) is 8.70. The normalized spacial score (nSPS) is 27.7. The standard InChI is InChI=1S/C19H28N2O2/c1-19(2,3)23-18(22)20-15-11-16-9-10-17(12-15)21(16)13-14-7-5-4-6-8-14/h4-8,15-17H,9-13H2,1-3H3,(H,20,22). The quantitative estimate of drug-likeness (QED) is 0.924. The Morgan fingerprint density at radius 1 is 1.17 bits per heavy atom. The van der Waals surface area contributed by atoms with Gasteiger partial charge in [-0.1, -0.05) is 30.3 Å². The maximum atomic E-state index is 12.0. The highest BCUT2D eigenvalue weighted by Gasteiger charge is 2.41. The molecule has 2 fully saturated rings. The minimum absolute atomic E-state index is 0.245. The van der Waals surface area contributed by atoms with E-state index < -0.39 is 5.60 Å². The molecule has 0 radical (unpaired) electrons. The predicted molar refractivity (Wildman–Crippen MR) is 91.2 cm³/mol. The van der Waals surface area contributed by atoms with Gasteiger partial charge in [-0.05, 0) is 52.0 Å². The van der Waals surface area contributed by atoms with Crippen molar-refractivity contribution in [1.82, 2.24) is 10.2 Å². The van der Waals surface area contributed by atoms with Crippen molar-refractivity contribution in [1.29, 1.82) is 0 Å². The Morgan fingerprint density at radius 2 is 1.78 bits per heavy atom. The van der Waals surface area contributed by atoms with Gasteiger partial charge in [-0.2, -0.15) is 0 Å². The van der Waals surface area contributed by atoms with Crippen molar-refractivity contribution >= 4 is 6.09 Å². The molecule has 1 aromatic carbocycles. The topological polar surface area (TPSA) is 41.6 Å². The fraction of sp³-hybridized carbons (Fsp3) is 0.632. The molecule has 126 valence electrons. The first-order valence-corrected chi connectivity index (χ1v) is 8.70. The number of alkyl carbamates (subject to hydrolysis) is 1. The molecular formula is C19H28N2O2. The highest BCUT2D eigenvalue weighted by molar-refractivity contribution is 5.68. The molecule has 2 aliphatic heterocycles. The minimum atomic E-state index is -0.433. The molecule has 2 heterocycles. The Balaban J connectivity index is 1.56. The average molecular weight is 316 g/mol. The van der Waals surface area contributed by atoms with Gasteiger partial charge in [0.1, 0.15) is 5.60 Å². The maximum absolute atomic E-state index is 12.0. The van der Waals surface area contributed by atoms with Crippen LogP contribution >= 0.6 is 0 Å². The van der Waals surface area contributed by atoms with E-state index in [1.807, 2.05) is 20.8 Å². The number of rotatable bonds is 3. The van der Waals surface area contributed by atoms with Crippen LogP contribution in [0.3, 0.4) is 0 Å². The minimum Gasteiger partial charge on any atom is -0.444 e. The molecule has 4 heteroatoms. The zero-order valence-corrected chi connectivity index (χ0v) is 14.4. The molecule has 0 aromatic heterocycles. The third kappa shape index (κ3) is 4.25. The summed E-state index contributed by atoms with van der Waals surface area (Å²) in [4.78, 5) is 14.6. The van der Waals surface area contributed by atoms with Crippen molar-refractivity contribution in [3.8, 4) is 0 Å². The number of carbonyl (C=O) groups excluding carboxylic acids is 1. The van der Waals surface area contributed by atoms with E-state index in [-0.39, 0.29) is 12.1 Å². The van der Waals surface area contributed by atoms with Gasteiger partial charge in [-0.25, -0.2) is 4.79 Å². The molecule has 0 saturated carbocycles. The van der Waals surface area contributed by atoms with Crippen LogP contribution in [-0.2, 0) is 11.3 Å². The summed E-state index contributed by atoms with van der Waals surface area (Å²) in [5.41, 5.74) is 0.944. The van der Waals surface area contributed by atoms with E-state index in [9.17, 15) is 4.79 Å². The number of carbonyl (C=O) groups is 1. The summed E-state index contributed by atoms with van der Waals surface area (Å²) in [7, 11) is 0. The number of amides is 1. The van der Waals surface area contributed by atoms with Crippen LogP contribution in [0.5, 0.6) is 0 Å². The van der Waals surface area contributed by atoms with E-state index in [0.717, 1.165) is 19.4 Å². The van der Waals surface area contributed by atoms with E-state index >= 15 is 0 Å². The molecule has 0 spiro atoms. The SMILES string of the molecule is CC(C)(C)OC(=O)NC1CC2CCC(C1)N2Cc1ccccc1. The highest BCUT2D eigenvalue weighted by atomic mass is 16.6. The van der Waals surface area contributed by atoms with E-state index in [1.54, 1.807) is 0 Å². The van der Waals surface area contributed by atoms with E-state index in [4.69, 9.17) is 4.74 Å². The Bertz CT molecular complexity index is 524. The molecule has 2 bridgehead atoms. The zero-order chi connectivity index (χ0) is 16.4. The summed E-state index contributed by atoms with van der Waals surface area (Å²) >= 11 is 0. The summed E-state index contributed by atoms with van der Waals surface area (Å²) < 4.78 is 5.39. The number of hydrogen-bond acceptors (Lipinski definition) is 3. The Kier molecular flexibility index (Phi) is 4.62. The monoisotopic (exact) mass is 316 g/mol. The summed E-state index contributed by atoms with van der Waals surface area (Å²) in [6.45, 7) is 6.73. The van der Waals surface area contributed by atoms with Crippen molar-refractivity contribution in [2.45, 2.75) is 76.7 Å². The molecule has 4 nitrogen and oxygen atoms in total. The van der Waals surface area contributed by atoms with Crippen LogP contribution in [0.2, 0.25) is 0 Å². The average Bonchev–Trinajstić information content (AvgIpc) is 2.68. The largest absolute Gasteiger partial charge is 0.444 e. The number of fused-ring (bicyclic) bond motifs is 2. The van der Waals surface area contributed by atoms with Crippen LogP contribution in [-0.4, -0.2) is 34.7 Å². The first kappa shape index (κ1) is 16.3. The lowest BCUT2D eigenvalue weighted by Crippen LogP contribution is -2.50. The highest BCUT2D eigenvalue weighted by Crippen LogP contribution is 2.36. The smallest absolute Gasteiger partial charge is 0.407 e. The van der Waals surface area contributed by atoms with Crippen LogP contribution in [0.4, 0.5) is 4.79 Å². The van der Waals surface area contributed by atoms with Gasteiger partial charge in [-0.15, -0.1) is 0 Å². The first-order chi connectivity index (χ1) is 10.9. The van der Waals surface area contributed by atoms with Gasteiger partial charge >= 0.3 is 6.09 Å². The van der Waals surface area contributed by atoms with Crippen molar-refractivity contribution in [2.75, 3.05) is 0 Å². The molecule has 2 saturated heterocycles. The Morgan fingerprint density at radius 3 is 2.35 bits per heavy atom. The van der Waals surface area contributed by atoms with Gasteiger partial charge < -0.3 is 10.1 Å². The molecular weight excluding hydrogens is 288 g/mol. The van der Waals surface area contributed by atoms with Crippen molar-refractivity contribution < 1.29 is 9.53 Å². The van der Waals surface area contributed by atoms with Crippen molar-refractivity contribution in [3.63, 3.8) is 0 Å². The second-order valence-corrected chi connectivity index (χ2v) is 7.86. The van der Waals surface area contributed by atoms with Gasteiger partial charge in [0.2, 0.25) is 0 Å². The molecule has 2 aliphatic rings. The molecule has 1 N–H and O–H groups in total. The third-order valence-corrected chi connectivity index (χ3v) is 4.81. The fourth-order valence-electron chi connectivity index (χ4n) is 3.92. The van der Waals surface area contributed by atoms with Crippen LogP contribution in [0, 0.1) is 0 Å². The number of nitrogens with one attached hydrogen (secondary N) is 1. The van der Waals surface area contributed by atoms with Gasteiger partial charge in [0.25, 0.3) is 0 Å². The third-order valence-electron chi connectivity index (χ3n) is 4.81. The van der Waals surface area contributed by atoms with Gasteiger partial charge in [-0.3, -0.25) is 4.90 Å². The molecule has 3 rings (SSSR count). The molecule has 2 atom stereocenters. The number of ether oxygens (including phenoxy) is 1. The van der Waals surface area contributed by atoms with Gasteiger partial charge in [0, 0.05) is 24.7 Å². The number of hydrogen-bond donors (Lipinski definition) is 1. The van der Waals surface area contributed by atoms with Crippen molar-refractivity contribution in [2.24, 2.45) is 0 Å². The molecule has 1 amide bonds. The predicted octanol–water partition coefficient (Wildman–Crippen LogP) is 3.71. The van der Waals surface area contributed by atoms with Gasteiger partial charge in [0.05, 0.1) is 0 Å². The van der Waals surface area contributed by atoms with Gasteiger partial charge in [0.15, 0.2) is 0 Å². The molecule has 23 heavy (non-hydrogen) atoms. The van der Waals surface area contributed by atoms with Crippen LogP contribution in [0.1, 0.15) is 52.0 Å².